The highest BCUT2D eigenvalue weighted by atomic mass is 16.2. The number of nitrogens with zero attached hydrogens (tertiary/aromatic N) is 3. The molecule has 4 heteroatoms. The van der Waals surface area contributed by atoms with E-state index in [1.165, 1.54) is 18.4 Å². The maximum atomic E-state index is 13.0. The molecule has 0 N–H and O–H groups in total. The number of hydrogen-bond acceptors (Lipinski definition) is 3. The highest BCUT2D eigenvalue weighted by Gasteiger charge is 2.25. The van der Waals surface area contributed by atoms with Gasteiger partial charge in [0.15, 0.2) is 0 Å². The minimum absolute atomic E-state index is 0.0883. The lowest BCUT2D eigenvalue weighted by atomic mass is 9.90. The molecule has 0 aliphatic carbocycles. The lowest BCUT2D eigenvalue weighted by Gasteiger charge is -2.33. The molecule has 3 heterocycles. The van der Waals surface area contributed by atoms with E-state index in [2.05, 4.69) is 47.1 Å². The predicted molar refractivity (Wildman–Crippen MR) is 114 cm³/mol. The van der Waals surface area contributed by atoms with Crippen LogP contribution in [0.2, 0.25) is 0 Å². The summed E-state index contributed by atoms with van der Waals surface area (Å²) in [5.41, 5.74) is 3.14. The van der Waals surface area contributed by atoms with Gasteiger partial charge in [-0.3, -0.25) is 9.78 Å². The van der Waals surface area contributed by atoms with Gasteiger partial charge in [-0.05, 0) is 61.6 Å². The molecule has 4 nitrogen and oxygen atoms in total. The Morgan fingerprint density at radius 2 is 1.71 bits per heavy atom. The molecule has 148 valence electrons. The number of aromatic nitrogens is 1. The molecule has 0 atom stereocenters. The van der Waals surface area contributed by atoms with Crippen LogP contribution < -0.4 is 4.90 Å². The van der Waals surface area contributed by atoms with Crippen molar-refractivity contribution in [3.8, 4) is 0 Å². The summed E-state index contributed by atoms with van der Waals surface area (Å²) in [5.74, 6) is 1.56. The minimum Gasteiger partial charge on any atom is -0.371 e. The van der Waals surface area contributed by atoms with Crippen molar-refractivity contribution in [1.82, 2.24) is 9.88 Å². The van der Waals surface area contributed by atoms with Crippen molar-refractivity contribution < 1.29 is 4.79 Å². The molecule has 2 aromatic rings. The van der Waals surface area contributed by atoms with Crippen LogP contribution in [0.4, 0.5) is 5.69 Å². The molecular weight excluding hydrogens is 346 g/mol. The molecule has 1 aromatic carbocycles. The Bertz CT molecular complexity index is 775. The second kappa shape index (κ2) is 8.76. The Morgan fingerprint density at radius 1 is 1.00 bits per heavy atom. The highest BCUT2D eigenvalue weighted by Crippen LogP contribution is 2.25. The number of likely N-dealkylation sites (tertiary alicyclic amines) is 1. The van der Waals surface area contributed by atoms with Crippen molar-refractivity contribution in [3.63, 3.8) is 0 Å². The first-order valence-electron chi connectivity index (χ1n) is 10.7. The van der Waals surface area contributed by atoms with Crippen molar-refractivity contribution in [2.75, 3.05) is 31.1 Å². The predicted octanol–water partition coefficient (Wildman–Crippen LogP) is 4.41. The zero-order valence-electron chi connectivity index (χ0n) is 16.9. The van der Waals surface area contributed by atoms with Crippen LogP contribution in [0.25, 0.3) is 0 Å². The van der Waals surface area contributed by atoms with Gasteiger partial charge in [0, 0.05) is 38.1 Å². The van der Waals surface area contributed by atoms with Gasteiger partial charge >= 0.3 is 0 Å². The summed E-state index contributed by atoms with van der Waals surface area (Å²) in [7, 11) is 0. The van der Waals surface area contributed by atoms with Crippen LogP contribution in [0.5, 0.6) is 0 Å². The Balaban J connectivity index is 1.34. The first-order chi connectivity index (χ1) is 13.7. The van der Waals surface area contributed by atoms with Gasteiger partial charge in [-0.25, -0.2) is 0 Å². The second-order valence-corrected chi connectivity index (χ2v) is 8.49. The molecule has 0 radical (unpaired) electrons. The monoisotopic (exact) mass is 377 g/mol. The van der Waals surface area contributed by atoms with Gasteiger partial charge in [-0.15, -0.1) is 0 Å². The van der Waals surface area contributed by atoms with E-state index in [-0.39, 0.29) is 5.91 Å². The fourth-order valence-corrected chi connectivity index (χ4v) is 4.45. The number of benzene rings is 1. The molecule has 28 heavy (non-hydrogen) atoms. The number of rotatable bonds is 4. The van der Waals surface area contributed by atoms with Crippen LogP contribution in [-0.4, -0.2) is 42.0 Å². The summed E-state index contributed by atoms with van der Waals surface area (Å²) in [4.78, 5) is 21.8. The number of carbonyl (C=O) groups is 1. The van der Waals surface area contributed by atoms with E-state index in [9.17, 15) is 4.79 Å². The third kappa shape index (κ3) is 4.54. The number of anilines is 1. The Labute approximate surface area is 168 Å². The second-order valence-electron chi connectivity index (χ2n) is 8.49. The van der Waals surface area contributed by atoms with E-state index in [1.807, 2.05) is 17.0 Å². The topological polar surface area (TPSA) is 36.4 Å². The zero-order chi connectivity index (χ0) is 19.3. The summed E-state index contributed by atoms with van der Waals surface area (Å²) in [6, 6.07) is 14.7. The summed E-state index contributed by atoms with van der Waals surface area (Å²) in [5, 5.41) is 0. The molecule has 4 rings (SSSR count). The van der Waals surface area contributed by atoms with Crippen LogP contribution in [0, 0.1) is 11.8 Å². The SMILES string of the molecule is CC1CCN(c2ccnc(C(=O)N3CCC(Cc4ccccc4)CC3)c2)CC1. The Hall–Kier alpha value is -2.36. The van der Waals surface area contributed by atoms with Crippen LogP contribution in [-0.2, 0) is 6.42 Å². The fourth-order valence-electron chi connectivity index (χ4n) is 4.45. The third-order valence-electron chi connectivity index (χ3n) is 6.38. The Morgan fingerprint density at radius 3 is 2.43 bits per heavy atom. The van der Waals surface area contributed by atoms with E-state index >= 15 is 0 Å². The number of amides is 1. The first-order valence-corrected chi connectivity index (χ1v) is 10.7. The lowest BCUT2D eigenvalue weighted by Crippen LogP contribution is -2.39. The standard InChI is InChI=1S/C24H31N3O/c1-19-8-13-26(14-9-19)22-7-12-25-23(18-22)24(28)27-15-10-21(11-16-27)17-20-5-3-2-4-6-20/h2-7,12,18-19,21H,8-11,13-17H2,1H3. The average molecular weight is 378 g/mol. The molecule has 0 bridgehead atoms. The molecule has 0 saturated carbocycles. The molecule has 2 aliphatic rings. The van der Waals surface area contributed by atoms with E-state index in [0.717, 1.165) is 57.0 Å². The lowest BCUT2D eigenvalue weighted by molar-refractivity contribution is 0.0684. The quantitative estimate of drug-likeness (QED) is 0.792. The number of piperidine rings is 2. The van der Waals surface area contributed by atoms with Crippen molar-refractivity contribution in [3.05, 3.63) is 59.9 Å². The normalized spacial score (nSPS) is 19.0. The van der Waals surface area contributed by atoms with Crippen LogP contribution in [0.3, 0.4) is 0 Å². The summed E-state index contributed by atoms with van der Waals surface area (Å²) >= 11 is 0. The van der Waals surface area contributed by atoms with Gasteiger partial charge < -0.3 is 9.80 Å². The average Bonchev–Trinajstić information content (AvgIpc) is 2.75. The third-order valence-corrected chi connectivity index (χ3v) is 6.38. The van der Waals surface area contributed by atoms with Crippen molar-refractivity contribution in [2.24, 2.45) is 11.8 Å². The van der Waals surface area contributed by atoms with E-state index in [0.29, 0.717) is 11.6 Å². The molecule has 2 aliphatic heterocycles. The van der Waals surface area contributed by atoms with Crippen LogP contribution in [0.15, 0.2) is 48.7 Å². The molecular formula is C24H31N3O. The molecule has 1 aromatic heterocycles. The summed E-state index contributed by atoms with van der Waals surface area (Å²) in [6.45, 7) is 6.14. The molecule has 0 unspecified atom stereocenters. The van der Waals surface area contributed by atoms with Crippen molar-refractivity contribution in [2.45, 2.75) is 39.0 Å². The van der Waals surface area contributed by atoms with Gasteiger partial charge in [0.2, 0.25) is 0 Å². The number of pyridine rings is 1. The molecule has 2 fully saturated rings. The summed E-state index contributed by atoms with van der Waals surface area (Å²) < 4.78 is 0. The van der Waals surface area contributed by atoms with Gasteiger partial charge in [0.1, 0.15) is 5.69 Å². The fraction of sp³-hybridized carbons (Fsp3) is 0.500. The molecule has 2 saturated heterocycles. The smallest absolute Gasteiger partial charge is 0.272 e. The largest absolute Gasteiger partial charge is 0.371 e. The minimum atomic E-state index is 0.0883. The van der Waals surface area contributed by atoms with Crippen molar-refractivity contribution >= 4 is 11.6 Å². The van der Waals surface area contributed by atoms with Crippen LogP contribution in [0.1, 0.15) is 48.7 Å². The van der Waals surface area contributed by atoms with Gasteiger partial charge in [0.25, 0.3) is 5.91 Å². The number of hydrogen-bond donors (Lipinski definition) is 0. The molecule has 1 amide bonds. The van der Waals surface area contributed by atoms with Gasteiger partial charge in [-0.1, -0.05) is 37.3 Å². The zero-order valence-corrected chi connectivity index (χ0v) is 16.9. The number of carbonyl (C=O) groups excluding carboxylic acids is 1. The molecule has 0 spiro atoms. The van der Waals surface area contributed by atoms with Gasteiger partial charge in [-0.2, -0.15) is 0 Å². The van der Waals surface area contributed by atoms with E-state index in [1.54, 1.807) is 6.20 Å². The summed E-state index contributed by atoms with van der Waals surface area (Å²) in [6.07, 6.45) is 7.50. The van der Waals surface area contributed by atoms with E-state index < -0.39 is 0 Å². The first kappa shape index (κ1) is 19.0. The van der Waals surface area contributed by atoms with E-state index in [4.69, 9.17) is 0 Å². The maximum Gasteiger partial charge on any atom is 0.272 e. The van der Waals surface area contributed by atoms with Gasteiger partial charge in [0.05, 0.1) is 0 Å². The van der Waals surface area contributed by atoms with Crippen molar-refractivity contribution in [1.29, 1.82) is 0 Å². The maximum absolute atomic E-state index is 13.0. The van der Waals surface area contributed by atoms with Crippen LogP contribution >= 0.6 is 0 Å². The Kier molecular flexibility index (Phi) is 5.94. The highest BCUT2D eigenvalue weighted by molar-refractivity contribution is 5.93.